The van der Waals surface area contributed by atoms with Gasteiger partial charge in [-0.05, 0) is 74.2 Å². The number of carbonyl (C=O) groups is 2. The van der Waals surface area contributed by atoms with E-state index in [1.54, 1.807) is 6.92 Å². The first kappa shape index (κ1) is 20.2. The van der Waals surface area contributed by atoms with Crippen LogP contribution in [0.25, 0.3) is 0 Å². The van der Waals surface area contributed by atoms with Gasteiger partial charge in [0.2, 0.25) is 0 Å². The number of hydrogen-bond donors (Lipinski definition) is 1. The lowest BCUT2D eigenvalue weighted by molar-refractivity contribution is -0.185. The molecule has 4 aliphatic carbocycles. The molecular formula is C23H31ClO4. The van der Waals surface area contributed by atoms with Crippen LogP contribution in [0, 0.1) is 28.6 Å². The van der Waals surface area contributed by atoms with Gasteiger partial charge < -0.3 is 9.84 Å². The standard InChI is InChI=1S/C23H31ClO4/c1-13(25)23(28-14(2)26)10-7-18-16-12-20(24)19-11-15(27)5-8-21(19,3)17(16)6-9-22(18,23)4/h11-12,15-18,27H,5-10H2,1-4H3/t15-,16-,17-,18-,21-,22+,23+/m1/s1. The van der Waals surface area contributed by atoms with Gasteiger partial charge in [-0.3, -0.25) is 9.59 Å². The largest absolute Gasteiger partial charge is 0.451 e. The van der Waals surface area contributed by atoms with Crippen molar-refractivity contribution < 1.29 is 19.4 Å². The molecule has 0 aromatic rings. The first-order valence-corrected chi connectivity index (χ1v) is 10.9. The summed E-state index contributed by atoms with van der Waals surface area (Å²) in [6.07, 6.45) is 8.68. The minimum atomic E-state index is -1.02. The first-order valence-electron chi connectivity index (χ1n) is 10.5. The second kappa shape index (κ2) is 6.43. The summed E-state index contributed by atoms with van der Waals surface area (Å²) in [6, 6.07) is 0. The van der Waals surface area contributed by atoms with Crippen LogP contribution >= 0.6 is 11.6 Å². The fourth-order valence-corrected chi connectivity index (χ4v) is 7.70. The maximum atomic E-state index is 12.8. The van der Waals surface area contributed by atoms with E-state index in [0.717, 1.165) is 42.7 Å². The van der Waals surface area contributed by atoms with Gasteiger partial charge >= 0.3 is 5.97 Å². The molecule has 4 aliphatic rings. The van der Waals surface area contributed by atoms with Crippen LogP contribution < -0.4 is 0 Å². The van der Waals surface area contributed by atoms with Crippen molar-refractivity contribution >= 4 is 23.4 Å². The Morgan fingerprint density at radius 2 is 1.75 bits per heavy atom. The summed E-state index contributed by atoms with van der Waals surface area (Å²) in [6.45, 7) is 7.40. The second-order valence-electron chi connectivity index (χ2n) is 9.88. The molecule has 0 aliphatic heterocycles. The summed E-state index contributed by atoms with van der Waals surface area (Å²) in [5.74, 6) is 0.542. The Hall–Kier alpha value is -1.13. The van der Waals surface area contributed by atoms with Crippen LogP contribution in [0.2, 0.25) is 0 Å². The highest BCUT2D eigenvalue weighted by Gasteiger charge is 2.67. The van der Waals surface area contributed by atoms with Gasteiger partial charge in [0.05, 0.1) is 6.10 Å². The third kappa shape index (κ3) is 2.53. The number of allylic oxidation sites excluding steroid dienone is 3. The summed E-state index contributed by atoms with van der Waals surface area (Å²) < 4.78 is 5.80. The number of aliphatic hydroxyl groups excluding tert-OH is 1. The highest BCUT2D eigenvalue weighted by Crippen LogP contribution is 2.68. The molecule has 28 heavy (non-hydrogen) atoms. The Labute approximate surface area is 172 Å². The molecule has 4 rings (SSSR count). The van der Waals surface area contributed by atoms with Crippen LogP contribution in [-0.2, 0) is 14.3 Å². The predicted molar refractivity (Wildman–Crippen MR) is 108 cm³/mol. The number of halogens is 1. The maximum Gasteiger partial charge on any atom is 0.303 e. The minimum Gasteiger partial charge on any atom is -0.451 e. The molecule has 0 amide bonds. The molecule has 1 N–H and O–H groups in total. The van der Waals surface area contributed by atoms with E-state index < -0.39 is 11.7 Å². The number of Topliss-reactive ketones (excluding diaryl/α,β-unsaturated/α-hetero) is 1. The summed E-state index contributed by atoms with van der Waals surface area (Å²) >= 11 is 6.75. The van der Waals surface area contributed by atoms with Crippen molar-refractivity contribution in [1.82, 2.24) is 0 Å². The molecule has 0 aromatic carbocycles. The Bertz CT molecular complexity index is 785. The van der Waals surface area contributed by atoms with E-state index >= 15 is 0 Å². The van der Waals surface area contributed by atoms with Gasteiger partial charge in [0.25, 0.3) is 0 Å². The van der Waals surface area contributed by atoms with Crippen molar-refractivity contribution in [2.75, 3.05) is 0 Å². The number of ether oxygens (including phenoxy) is 1. The summed E-state index contributed by atoms with van der Waals surface area (Å²) in [5, 5.41) is 10.9. The molecule has 2 fully saturated rings. The molecule has 0 bridgehead atoms. The van der Waals surface area contributed by atoms with Gasteiger partial charge in [-0.1, -0.05) is 37.6 Å². The first-order chi connectivity index (χ1) is 13.0. The number of ketones is 1. The molecule has 0 spiro atoms. The molecule has 7 atom stereocenters. The molecule has 0 aromatic heterocycles. The molecule has 5 heteroatoms. The van der Waals surface area contributed by atoms with Crippen molar-refractivity contribution in [3.05, 3.63) is 22.8 Å². The summed E-state index contributed by atoms with van der Waals surface area (Å²) in [4.78, 5) is 24.7. The van der Waals surface area contributed by atoms with Crippen LogP contribution in [0.1, 0.15) is 66.2 Å². The van der Waals surface area contributed by atoms with Crippen molar-refractivity contribution in [2.24, 2.45) is 28.6 Å². The van der Waals surface area contributed by atoms with E-state index in [1.165, 1.54) is 6.92 Å². The van der Waals surface area contributed by atoms with E-state index in [-0.39, 0.29) is 34.4 Å². The maximum absolute atomic E-state index is 12.8. The zero-order valence-electron chi connectivity index (χ0n) is 17.3. The highest BCUT2D eigenvalue weighted by atomic mass is 35.5. The van der Waals surface area contributed by atoms with Gasteiger partial charge in [0.15, 0.2) is 11.4 Å². The van der Waals surface area contributed by atoms with Crippen molar-refractivity contribution in [1.29, 1.82) is 0 Å². The molecular weight excluding hydrogens is 376 g/mol. The van der Waals surface area contributed by atoms with Crippen LogP contribution in [-0.4, -0.2) is 28.6 Å². The van der Waals surface area contributed by atoms with E-state index in [0.29, 0.717) is 12.3 Å². The van der Waals surface area contributed by atoms with E-state index in [1.807, 2.05) is 6.08 Å². The monoisotopic (exact) mass is 406 g/mol. The molecule has 0 heterocycles. The fraction of sp³-hybridized carbons (Fsp3) is 0.739. The number of carbonyl (C=O) groups excluding carboxylic acids is 2. The molecule has 0 radical (unpaired) electrons. The Morgan fingerprint density at radius 3 is 2.39 bits per heavy atom. The fourth-order valence-electron chi connectivity index (χ4n) is 7.28. The van der Waals surface area contributed by atoms with Gasteiger partial charge in [-0.25, -0.2) is 0 Å². The molecule has 2 saturated carbocycles. The third-order valence-corrected chi connectivity index (χ3v) is 9.02. The topological polar surface area (TPSA) is 63.6 Å². The average molecular weight is 407 g/mol. The van der Waals surface area contributed by atoms with Crippen LogP contribution in [0.3, 0.4) is 0 Å². The lowest BCUT2D eigenvalue weighted by Gasteiger charge is -2.58. The average Bonchev–Trinajstić information content (AvgIpc) is 2.90. The van der Waals surface area contributed by atoms with Crippen molar-refractivity contribution in [3.8, 4) is 0 Å². The number of esters is 1. The molecule has 0 unspecified atom stereocenters. The number of fused-ring (bicyclic) bond motifs is 5. The van der Waals surface area contributed by atoms with Crippen LogP contribution in [0.5, 0.6) is 0 Å². The molecule has 4 nitrogen and oxygen atoms in total. The lowest BCUT2D eigenvalue weighted by Crippen LogP contribution is -2.58. The van der Waals surface area contributed by atoms with E-state index in [9.17, 15) is 14.7 Å². The van der Waals surface area contributed by atoms with Crippen LogP contribution in [0.4, 0.5) is 0 Å². The van der Waals surface area contributed by atoms with E-state index in [2.05, 4.69) is 19.9 Å². The Balaban J connectivity index is 1.78. The third-order valence-electron chi connectivity index (χ3n) is 8.69. The number of aliphatic hydroxyl groups is 1. The zero-order chi connectivity index (χ0) is 20.5. The van der Waals surface area contributed by atoms with Gasteiger partial charge in [-0.15, -0.1) is 0 Å². The van der Waals surface area contributed by atoms with Crippen molar-refractivity contribution in [3.63, 3.8) is 0 Å². The smallest absolute Gasteiger partial charge is 0.303 e. The normalized spacial score (nSPS) is 47.2. The lowest BCUT2D eigenvalue weighted by atomic mass is 9.48. The number of hydrogen-bond acceptors (Lipinski definition) is 4. The predicted octanol–water partition coefficient (Wildman–Crippen LogP) is 4.54. The summed E-state index contributed by atoms with van der Waals surface area (Å²) in [7, 11) is 0. The van der Waals surface area contributed by atoms with E-state index in [4.69, 9.17) is 16.3 Å². The van der Waals surface area contributed by atoms with Gasteiger partial charge in [0, 0.05) is 17.4 Å². The van der Waals surface area contributed by atoms with Crippen LogP contribution in [0.15, 0.2) is 22.8 Å². The molecule has 0 saturated heterocycles. The molecule has 154 valence electrons. The Kier molecular flexibility index (Phi) is 4.63. The van der Waals surface area contributed by atoms with Crippen molar-refractivity contribution in [2.45, 2.75) is 77.9 Å². The zero-order valence-corrected chi connectivity index (χ0v) is 18.0. The summed E-state index contributed by atoms with van der Waals surface area (Å²) in [5.41, 5.74) is -0.340. The second-order valence-corrected chi connectivity index (χ2v) is 10.3. The number of rotatable bonds is 2. The highest BCUT2D eigenvalue weighted by molar-refractivity contribution is 6.32. The quantitative estimate of drug-likeness (QED) is 0.683. The SMILES string of the molecule is CC(=O)O[C@]1(C(C)=O)CC[C@@H]2[C@@H]3C=C(Cl)C4=C[C@H](O)CC[C@]4(C)[C@@H]3CC[C@@]21C. The van der Waals surface area contributed by atoms with Gasteiger partial charge in [0.1, 0.15) is 0 Å². The Morgan fingerprint density at radius 1 is 1.07 bits per heavy atom. The van der Waals surface area contributed by atoms with Gasteiger partial charge in [-0.2, -0.15) is 0 Å². The minimum absolute atomic E-state index is 0.0374.